The average Bonchev–Trinajstić information content (AvgIpc) is 2.68. The Kier molecular flexibility index (Phi) is 5.15. The molecule has 6 nitrogen and oxygen atoms in total. The second-order valence-electron chi connectivity index (χ2n) is 5.18. The molecule has 0 amide bonds. The van der Waals surface area contributed by atoms with E-state index in [2.05, 4.69) is 41.8 Å². The van der Waals surface area contributed by atoms with Gasteiger partial charge < -0.3 is 10.2 Å². The van der Waals surface area contributed by atoms with E-state index < -0.39 is 23.1 Å². The van der Waals surface area contributed by atoms with E-state index >= 15 is 0 Å². The van der Waals surface area contributed by atoms with Crippen molar-refractivity contribution in [2.24, 2.45) is 0 Å². The lowest BCUT2D eigenvalue weighted by atomic mass is 10.1. The highest BCUT2D eigenvalue weighted by molar-refractivity contribution is 9.12. The number of carbonyl (C=O) groups excluding carboxylic acids is 2. The van der Waals surface area contributed by atoms with Crippen molar-refractivity contribution in [3.8, 4) is 0 Å². The number of aliphatic hydroxyl groups excluding tert-OH is 2. The molecular formula is C18H10Br2N2O4. The van der Waals surface area contributed by atoms with Crippen molar-refractivity contribution in [3.63, 3.8) is 0 Å². The first kappa shape index (κ1) is 18.2. The standard InChI is InChI=1S/C12H8N2.C6H2Br2O4/c1-2-6-10-9(5-1)13-11-7-3-4-8-12(11)14-10;7-1-3(9)5(11)2(8)6(12)4(1)10/h1-8H;9,12H. The quantitative estimate of drug-likeness (QED) is 0.370. The molecule has 1 aliphatic carbocycles. The minimum absolute atomic E-state index is 0.326. The van der Waals surface area contributed by atoms with E-state index in [-0.39, 0.29) is 8.96 Å². The summed E-state index contributed by atoms with van der Waals surface area (Å²) in [5, 5.41) is 18.0. The summed E-state index contributed by atoms with van der Waals surface area (Å²) in [5.74, 6) is -3.05. The van der Waals surface area contributed by atoms with Crippen LogP contribution in [0.2, 0.25) is 0 Å². The topological polar surface area (TPSA) is 100 Å². The number of hydrogen-bond donors (Lipinski definition) is 2. The van der Waals surface area contributed by atoms with Crippen molar-refractivity contribution in [1.29, 1.82) is 0 Å². The van der Waals surface area contributed by atoms with Gasteiger partial charge in [0.05, 0.1) is 22.1 Å². The molecule has 3 aromatic rings. The molecule has 0 spiro atoms. The molecule has 0 saturated carbocycles. The van der Waals surface area contributed by atoms with Crippen LogP contribution in [0.1, 0.15) is 0 Å². The molecule has 0 bridgehead atoms. The van der Waals surface area contributed by atoms with Crippen LogP contribution in [0, 0.1) is 0 Å². The van der Waals surface area contributed by atoms with Crippen LogP contribution in [0.3, 0.4) is 0 Å². The summed E-state index contributed by atoms with van der Waals surface area (Å²) in [7, 11) is 0. The predicted molar refractivity (Wildman–Crippen MR) is 104 cm³/mol. The summed E-state index contributed by atoms with van der Waals surface area (Å²) >= 11 is 5.34. The van der Waals surface area contributed by atoms with Gasteiger partial charge in [-0.25, -0.2) is 9.97 Å². The summed E-state index contributed by atoms with van der Waals surface area (Å²) in [6.45, 7) is 0. The van der Waals surface area contributed by atoms with Crippen molar-refractivity contribution in [1.82, 2.24) is 9.97 Å². The fraction of sp³-hybridized carbons (Fsp3) is 0. The molecular weight excluding hydrogens is 468 g/mol. The number of nitrogens with zero attached hydrogens (tertiary/aromatic N) is 2. The van der Waals surface area contributed by atoms with E-state index in [4.69, 9.17) is 10.2 Å². The van der Waals surface area contributed by atoms with Gasteiger partial charge in [-0.05, 0) is 56.1 Å². The number of aliphatic hydroxyl groups is 2. The fourth-order valence-electron chi connectivity index (χ4n) is 2.19. The van der Waals surface area contributed by atoms with Gasteiger partial charge in [0.2, 0.25) is 11.6 Å². The molecule has 0 saturated heterocycles. The smallest absolute Gasteiger partial charge is 0.239 e. The molecule has 0 aliphatic heterocycles. The second-order valence-corrected chi connectivity index (χ2v) is 6.77. The molecule has 130 valence electrons. The lowest BCUT2D eigenvalue weighted by Crippen LogP contribution is -2.19. The summed E-state index contributed by atoms with van der Waals surface area (Å²) in [4.78, 5) is 30.9. The molecule has 0 fully saturated rings. The molecule has 1 aliphatic rings. The van der Waals surface area contributed by atoms with Crippen molar-refractivity contribution in [2.75, 3.05) is 0 Å². The molecule has 0 radical (unpaired) electrons. The monoisotopic (exact) mass is 476 g/mol. The van der Waals surface area contributed by atoms with Crippen molar-refractivity contribution in [2.45, 2.75) is 0 Å². The van der Waals surface area contributed by atoms with Gasteiger partial charge in [-0.1, -0.05) is 24.3 Å². The number of benzene rings is 2. The number of allylic oxidation sites excluding steroid dienone is 2. The second kappa shape index (κ2) is 7.35. The number of para-hydroxylation sites is 4. The zero-order chi connectivity index (χ0) is 18.8. The fourth-order valence-corrected chi connectivity index (χ4v) is 2.92. The third kappa shape index (κ3) is 3.38. The maximum atomic E-state index is 10.9. The largest absolute Gasteiger partial charge is 0.503 e. The SMILES string of the molecule is O=C1C(O)=C(Br)C(=O)C(O)=C1Br.c1ccc2nc3ccccc3nc2c1. The van der Waals surface area contributed by atoms with Crippen LogP contribution in [0.25, 0.3) is 22.1 Å². The van der Waals surface area contributed by atoms with Crippen LogP contribution < -0.4 is 0 Å². The molecule has 1 heterocycles. The third-order valence-corrected chi connectivity index (χ3v) is 4.96. The summed E-state index contributed by atoms with van der Waals surface area (Å²) < 4.78 is -0.651. The molecule has 2 aromatic carbocycles. The number of rotatable bonds is 0. The minimum atomic E-state index is -0.820. The lowest BCUT2D eigenvalue weighted by molar-refractivity contribution is -0.118. The number of fused-ring (bicyclic) bond motifs is 2. The Morgan fingerprint density at radius 1 is 0.615 bits per heavy atom. The summed E-state index contributed by atoms with van der Waals surface area (Å²) in [5.41, 5.74) is 3.80. The van der Waals surface area contributed by atoms with E-state index in [1.807, 2.05) is 48.5 Å². The molecule has 2 N–H and O–H groups in total. The molecule has 0 atom stereocenters. The first-order valence-electron chi connectivity index (χ1n) is 7.28. The van der Waals surface area contributed by atoms with Crippen LogP contribution in [0.5, 0.6) is 0 Å². The number of carbonyl (C=O) groups is 2. The van der Waals surface area contributed by atoms with E-state index in [1.165, 1.54) is 0 Å². The van der Waals surface area contributed by atoms with Crippen LogP contribution in [-0.4, -0.2) is 31.7 Å². The Balaban J connectivity index is 0.000000153. The van der Waals surface area contributed by atoms with Gasteiger partial charge in [0.15, 0.2) is 11.5 Å². The van der Waals surface area contributed by atoms with Crippen LogP contribution in [0.15, 0.2) is 69.0 Å². The Morgan fingerprint density at radius 3 is 1.15 bits per heavy atom. The van der Waals surface area contributed by atoms with Crippen molar-refractivity contribution >= 4 is 65.5 Å². The van der Waals surface area contributed by atoms with Crippen LogP contribution in [-0.2, 0) is 9.59 Å². The van der Waals surface area contributed by atoms with Gasteiger partial charge >= 0.3 is 0 Å². The Morgan fingerprint density at radius 2 is 0.885 bits per heavy atom. The first-order chi connectivity index (χ1) is 12.4. The molecule has 1 aromatic heterocycles. The van der Waals surface area contributed by atoms with Crippen molar-refractivity contribution < 1.29 is 19.8 Å². The number of aromatic nitrogens is 2. The van der Waals surface area contributed by atoms with Gasteiger partial charge in [0.25, 0.3) is 0 Å². The minimum Gasteiger partial charge on any atom is -0.503 e. The van der Waals surface area contributed by atoms with Crippen molar-refractivity contribution in [3.05, 3.63) is 69.0 Å². The normalized spacial score (nSPS) is 14.7. The maximum absolute atomic E-state index is 10.9. The predicted octanol–water partition coefficient (Wildman–Crippen LogP) is 4.25. The number of Topliss-reactive ketones (excluding diaryl/α,β-unsaturated/α-hetero) is 2. The van der Waals surface area contributed by atoms with E-state index in [1.54, 1.807) is 0 Å². The zero-order valence-electron chi connectivity index (χ0n) is 13.0. The van der Waals surface area contributed by atoms with E-state index in [0.717, 1.165) is 22.1 Å². The zero-order valence-corrected chi connectivity index (χ0v) is 16.2. The van der Waals surface area contributed by atoms with E-state index in [9.17, 15) is 9.59 Å². The third-order valence-electron chi connectivity index (χ3n) is 3.49. The Hall–Kier alpha value is -2.58. The highest BCUT2D eigenvalue weighted by Crippen LogP contribution is 2.28. The van der Waals surface area contributed by atoms with Gasteiger partial charge in [-0.2, -0.15) is 0 Å². The number of hydrogen-bond acceptors (Lipinski definition) is 6. The molecule has 26 heavy (non-hydrogen) atoms. The van der Waals surface area contributed by atoms with Gasteiger partial charge in [0, 0.05) is 0 Å². The molecule has 4 rings (SSSR count). The number of halogens is 2. The lowest BCUT2D eigenvalue weighted by Gasteiger charge is -2.09. The average molecular weight is 478 g/mol. The molecule has 8 heteroatoms. The summed E-state index contributed by atoms with van der Waals surface area (Å²) in [6, 6.07) is 15.8. The van der Waals surface area contributed by atoms with Gasteiger partial charge in [-0.3, -0.25) is 9.59 Å². The summed E-state index contributed by atoms with van der Waals surface area (Å²) in [6.07, 6.45) is 0. The number of ketones is 2. The maximum Gasteiger partial charge on any atom is 0.239 e. The van der Waals surface area contributed by atoms with Crippen LogP contribution >= 0.6 is 31.9 Å². The van der Waals surface area contributed by atoms with E-state index in [0.29, 0.717) is 0 Å². The van der Waals surface area contributed by atoms with Gasteiger partial charge in [0.1, 0.15) is 8.96 Å². The van der Waals surface area contributed by atoms with Crippen LogP contribution in [0.4, 0.5) is 0 Å². The Labute approximate surface area is 164 Å². The Bertz CT molecular complexity index is 955. The highest BCUT2D eigenvalue weighted by Gasteiger charge is 2.32. The highest BCUT2D eigenvalue weighted by atomic mass is 79.9. The van der Waals surface area contributed by atoms with Gasteiger partial charge in [-0.15, -0.1) is 0 Å². The molecule has 0 unspecified atom stereocenters. The first-order valence-corrected chi connectivity index (χ1v) is 8.87.